The second-order valence-electron chi connectivity index (χ2n) is 5.50. The van der Waals surface area contributed by atoms with Gasteiger partial charge in [-0.05, 0) is 27.7 Å². The Labute approximate surface area is 141 Å². The predicted molar refractivity (Wildman–Crippen MR) is 92.1 cm³/mol. The van der Waals surface area contributed by atoms with Crippen LogP contribution in [0.2, 0.25) is 0 Å². The molecule has 130 valence electrons. The topological polar surface area (TPSA) is 105 Å². The van der Waals surface area contributed by atoms with E-state index in [1.54, 1.807) is 0 Å². The maximum Gasteiger partial charge on any atom is 0.224 e. The van der Waals surface area contributed by atoms with Gasteiger partial charge in [-0.25, -0.2) is 4.98 Å². The number of nitrogens with one attached hydrogen (secondary N) is 3. The molecule has 0 spiro atoms. The lowest BCUT2D eigenvalue weighted by Crippen LogP contribution is -2.30. The van der Waals surface area contributed by atoms with Crippen LogP contribution >= 0.6 is 0 Å². The summed E-state index contributed by atoms with van der Waals surface area (Å²) in [4.78, 5) is 20.6. The van der Waals surface area contributed by atoms with Gasteiger partial charge in [0.05, 0.1) is 12.1 Å². The first kappa shape index (κ1) is 17.7. The van der Waals surface area contributed by atoms with E-state index in [0.29, 0.717) is 24.8 Å². The molecule has 2 rings (SSSR count). The van der Waals surface area contributed by atoms with Crippen LogP contribution in [0.5, 0.6) is 0 Å². The summed E-state index contributed by atoms with van der Waals surface area (Å²) in [7, 11) is 0. The van der Waals surface area contributed by atoms with E-state index in [1.807, 2.05) is 33.8 Å². The lowest BCUT2D eigenvalue weighted by atomic mass is 10.1. The maximum atomic E-state index is 12.0. The fraction of sp³-hybridized carbons (Fsp3) is 0.500. The first-order chi connectivity index (χ1) is 11.5. The molecule has 2 aromatic heterocycles. The Kier molecular flexibility index (Phi) is 6.11. The molecule has 0 saturated heterocycles. The average molecular weight is 332 g/mol. The third-order valence-corrected chi connectivity index (χ3v) is 3.46. The number of carbonyl (C=O) groups is 1. The lowest BCUT2D eigenvalue weighted by Gasteiger charge is -2.10. The highest BCUT2D eigenvalue weighted by Crippen LogP contribution is 2.12. The molecule has 0 saturated carbocycles. The molecule has 0 aliphatic carbocycles. The van der Waals surface area contributed by atoms with Crippen molar-refractivity contribution in [2.24, 2.45) is 0 Å². The third-order valence-electron chi connectivity index (χ3n) is 3.46. The largest absolute Gasteiger partial charge is 0.368 e. The standard InChI is InChI=1S/C16H24N6O2/c1-5-17-16-20-10(2)8-14(21-16)18-6-7-19-15(23)9-13-11(3)22-24-12(13)4/h8H,5-7,9H2,1-4H3,(H,19,23)(H2,17,18,20,21). The SMILES string of the molecule is CCNc1nc(C)cc(NCCNC(=O)Cc2c(C)noc2C)n1. The van der Waals surface area contributed by atoms with E-state index < -0.39 is 0 Å². The van der Waals surface area contributed by atoms with E-state index in [-0.39, 0.29) is 12.3 Å². The van der Waals surface area contributed by atoms with Gasteiger partial charge < -0.3 is 20.5 Å². The van der Waals surface area contributed by atoms with Crippen LogP contribution in [0.25, 0.3) is 0 Å². The zero-order valence-corrected chi connectivity index (χ0v) is 14.6. The smallest absolute Gasteiger partial charge is 0.224 e. The molecule has 8 nitrogen and oxygen atoms in total. The summed E-state index contributed by atoms with van der Waals surface area (Å²) in [6.45, 7) is 9.40. The number of anilines is 2. The molecule has 1 amide bonds. The van der Waals surface area contributed by atoms with Crippen molar-refractivity contribution in [2.75, 3.05) is 30.3 Å². The van der Waals surface area contributed by atoms with Crippen molar-refractivity contribution in [3.63, 3.8) is 0 Å². The number of amides is 1. The van der Waals surface area contributed by atoms with Gasteiger partial charge in [-0.1, -0.05) is 5.16 Å². The van der Waals surface area contributed by atoms with Gasteiger partial charge in [0.1, 0.15) is 11.6 Å². The van der Waals surface area contributed by atoms with E-state index >= 15 is 0 Å². The third kappa shape index (κ3) is 4.94. The molecule has 3 N–H and O–H groups in total. The van der Waals surface area contributed by atoms with Crippen molar-refractivity contribution in [3.8, 4) is 0 Å². The second kappa shape index (κ2) is 8.28. The van der Waals surface area contributed by atoms with Crippen molar-refractivity contribution in [1.82, 2.24) is 20.4 Å². The van der Waals surface area contributed by atoms with Gasteiger partial charge in [0, 0.05) is 37.0 Å². The summed E-state index contributed by atoms with van der Waals surface area (Å²) >= 11 is 0. The summed E-state index contributed by atoms with van der Waals surface area (Å²) in [5.74, 6) is 1.97. The summed E-state index contributed by atoms with van der Waals surface area (Å²) in [5.41, 5.74) is 2.49. The van der Waals surface area contributed by atoms with Crippen molar-refractivity contribution < 1.29 is 9.32 Å². The Hall–Kier alpha value is -2.64. The van der Waals surface area contributed by atoms with Gasteiger partial charge in [-0.3, -0.25) is 4.79 Å². The van der Waals surface area contributed by atoms with Crippen molar-refractivity contribution in [1.29, 1.82) is 0 Å². The van der Waals surface area contributed by atoms with E-state index in [0.717, 1.165) is 29.3 Å². The fourth-order valence-electron chi connectivity index (χ4n) is 2.27. The maximum absolute atomic E-state index is 12.0. The minimum atomic E-state index is -0.0570. The van der Waals surface area contributed by atoms with E-state index in [2.05, 4.69) is 31.1 Å². The Balaban J connectivity index is 1.77. The van der Waals surface area contributed by atoms with Crippen LogP contribution in [0.1, 0.15) is 29.6 Å². The molecular formula is C16H24N6O2. The minimum Gasteiger partial charge on any atom is -0.368 e. The Bertz CT molecular complexity index is 678. The van der Waals surface area contributed by atoms with Crippen LogP contribution in [0.15, 0.2) is 10.6 Å². The van der Waals surface area contributed by atoms with Crippen molar-refractivity contribution in [2.45, 2.75) is 34.1 Å². The zero-order valence-electron chi connectivity index (χ0n) is 14.6. The first-order valence-corrected chi connectivity index (χ1v) is 8.01. The van der Waals surface area contributed by atoms with Gasteiger partial charge in [0.15, 0.2) is 0 Å². The summed E-state index contributed by atoms with van der Waals surface area (Å²) < 4.78 is 5.06. The van der Waals surface area contributed by atoms with Crippen LogP contribution in [0, 0.1) is 20.8 Å². The Morgan fingerprint density at radius 2 is 1.96 bits per heavy atom. The van der Waals surface area contributed by atoms with Crippen LogP contribution < -0.4 is 16.0 Å². The van der Waals surface area contributed by atoms with Gasteiger partial charge in [0.25, 0.3) is 0 Å². The monoisotopic (exact) mass is 332 g/mol. The van der Waals surface area contributed by atoms with Gasteiger partial charge in [0.2, 0.25) is 11.9 Å². The molecule has 0 aliphatic rings. The van der Waals surface area contributed by atoms with Crippen molar-refractivity contribution in [3.05, 3.63) is 28.8 Å². The quantitative estimate of drug-likeness (QED) is 0.630. The second-order valence-corrected chi connectivity index (χ2v) is 5.50. The van der Waals surface area contributed by atoms with E-state index in [4.69, 9.17) is 4.52 Å². The fourth-order valence-corrected chi connectivity index (χ4v) is 2.27. The normalized spacial score (nSPS) is 10.5. The highest BCUT2D eigenvalue weighted by Gasteiger charge is 2.12. The van der Waals surface area contributed by atoms with Gasteiger partial charge in [-0.15, -0.1) is 0 Å². The highest BCUT2D eigenvalue weighted by atomic mass is 16.5. The summed E-state index contributed by atoms with van der Waals surface area (Å²) in [6, 6.07) is 1.87. The number of hydrogen-bond donors (Lipinski definition) is 3. The molecule has 0 bridgehead atoms. The number of rotatable bonds is 8. The van der Waals surface area contributed by atoms with E-state index in [1.165, 1.54) is 0 Å². The molecule has 8 heteroatoms. The Morgan fingerprint density at radius 1 is 1.17 bits per heavy atom. The molecule has 0 aromatic carbocycles. The van der Waals surface area contributed by atoms with Crippen molar-refractivity contribution >= 4 is 17.7 Å². The highest BCUT2D eigenvalue weighted by molar-refractivity contribution is 5.79. The predicted octanol–water partition coefficient (Wildman–Crippen LogP) is 1.59. The number of aromatic nitrogens is 3. The zero-order chi connectivity index (χ0) is 17.5. The number of hydrogen-bond acceptors (Lipinski definition) is 7. The molecule has 0 atom stereocenters. The average Bonchev–Trinajstić information content (AvgIpc) is 2.83. The van der Waals surface area contributed by atoms with Crippen LogP contribution in [-0.2, 0) is 11.2 Å². The molecule has 24 heavy (non-hydrogen) atoms. The number of aryl methyl sites for hydroxylation is 3. The number of carbonyl (C=O) groups excluding carboxylic acids is 1. The Morgan fingerprint density at radius 3 is 2.62 bits per heavy atom. The molecule has 0 fully saturated rings. The first-order valence-electron chi connectivity index (χ1n) is 8.01. The van der Waals surface area contributed by atoms with Gasteiger partial charge in [-0.2, -0.15) is 4.98 Å². The van der Waals surface area contributed by atoms with Crippen LogP contribution in [0.3, 0.4) is 0 Å². The molecule has 0 radical (unpaired) electrons. The summed E-state index contributed by atoms with van der Waals surface area (Å²) in [6.07, 6.45) is 0.276. The molecule has 0 unspecified atom stereocenters. The van der Waals surface area contributed by atoms with Crippen LogP contribution in [-0.4, -0.2) is 40.7 Å². The van der Waals surface area contributed by atoms with E-state index in [9.17, 15) is 4.79 Å². The molecule has 2 aromatic rings. The van der Waals surface area contributed by atoms with Crippen LogP contribution in [0.4, 0.5) is 11.8 Å². The molecule has 2 heterocycles. The molecular weight excluding hydrogens is 308 g/mol. The minimum absolute atomic E-state index is 0.0570. The lowest BCUT2D eigenvalue weighted by molar-refractivity contribution is -0.120. The molecule has 0 aliphatic heterocycles. The van der Waals surface area contributed by atoms with Gasteiger partial charge >= 0.3 is 0 Å². The summed E-state index contributed by atoms with van der Waals surface area (Å²) in [5, 5.41) is 13.0. The number of nitrogens with zero attached hydrogens (tertiary/aromatic N) is 3.